The summed E-state index contributed by atoms with van der Waals surface area (Å²) in [6.45, 7) is 0.513. The standard InChI is InChI=1S/C21H19N5O/c1-25(15-16-5-2-8-19(13-16)26-12-4-9-24-26)21(27)18-7-3-6-17(14-18)20-22-10-11-23-20/h2-14H,15H2,1H3,(H,22,23). The first-order chi connectivity index (χ1) is 13.2. The number of benzene rings is 2. The quantitative estimate of drug-likeness (QED) is 0.594. The summed E-state index contributed by atoms with van der Waals surface area (Å²) in [5.74, 6) is 0.715. The molecule has 6 heteroatoms. The first-order valence-corrected chi connectivity index (χ1v) is 8.65. The van der Waals surface area contributed by atoms with Gasteiger partial charge in [-0.3, -0.25) is 4.79 Å². The Morgan fingerprint density at radius 3 is 2.78 bits per heavy atom. The van der Waals surface area contributed by atoms with Crippen LogP contribution in [0.4, 0.5) is 0 Å². The zero-order valence-corrected chi connectivity index (χ0v) is 14.9. The van der Waals surface area contributed by atoms with E-state index in [0.717, 1.165) is 22.6 Å². The van der Waals surface area contributed by atoms with E-state index in [9.17, 15) is 4.79 Å². The molecule has 0 saturated heterocycles. The molecule has 2 aromatic heterocycles. The fourth-order valence-corrected chi connectivity index (χ4v) is 3.01. The molecule has 0 unspecified atom stereocenters. The molecule has 0 aliphatic heterocycles. The molecule has 0 atom stereocenters. The van der Waals surface area contributed by atoms with Crippen molar-refractivity contribution in [1.29, 1.82) is 0 Å². The summed E-state index contributed by atoms with van der Waals surface area (Å²) in [6, 6.07) is 17.4. The Morgan fingerprint density at radius 1 is 1.11 bits per heavy atom. The van der Waals surface area contributed by atoms with Crippen LogP contribution in [0.5, 0.6) is 0 Å². The lowest BCUT2D eigenvalue weighted by molar-refractivity contribution is 0.0785. The number of imidazole rings is 1. The fourth-order valence-electron chi connectivity index (χ4n) is 3.01. The van der Waals surface area contributed by atoms with Crippen LogP contribution in [0.2, 0.25) is 0 Å². The number of hydrogen-bond acceptors (Lipinski definition) is 3. The van der Waals surface area contributed by atoms with Crippen LogP contribution < -0.4 is 0 Å². The van der Waals surface area contributed by atoms with E-state index in [-0.39, 0.29) is 5.91 Å². The second-order valence-corrected chi connectivity index (χ2v) is 6.30. The molecule has 4 rings (SSSR count). The van der Waals surface area contributed by atoms with Gasteiger partial charge in [0.2, 0.25) is 0 Å². The van der Waals surface area contributed by atoms with E-state index in [1.807, 2.05) is 67.8 Å². The summed E-state index contributed by atoms with van der Waals surface area (Å²) < 4.78 is 1.80. The number of nitrogens with one attached hydrogen (secondary N) is 1. The van der Waals surface area contributed by atoms with Crippen molar-refractivity contribution in [3.8, 4) is 17.1 Å². The minimum Gasteiger partial charge on any atom is -0.345 e. The minimum atomic E-state index is -0.0344. The van der Waals surface area contributed by atoms with E-state index in [4.69, 9.17) is 0 Å². The van der Waals surface area contributed by atoms with Gasteiger partial charge in [-0.1, -0.05) is 24.3 Å². The number of aromatic amines is 1. The van der Waals surface area contributed by atoms with Gasteiger partial charge in [-0.25, -0.2) is 9.67 Å². The van der Waals surface area contributed by atoms with Crippen molar-refractivity contribution in [1.82, 2.24) is 24.6 Å². The minimum absolute atomic E-state index is 0.0344. The predicted octanol–water partition coefficient (Wildman–Crippen LogP) is 3.53. The van der Waals surface area contributed by atoms with E-state index in [1.54, 1.807) is 28.2 Å². The number of carbonyl (C=O) groups excluding carboxylic acids is 1. The number of aromatic nitrogens is 4. The SMILES string of the molecule is CN(Cc1cccc(-n2cccn2)c1)C(=O)c1cccc(-c2ncc[nH]2)c1. The average molecular weight is 357 g/mol. The zero-order valence-electron chi connectivity index (χ0n) is 14.9. The van der Waals surface area contributed by atoms with E-state index in [0.29, 0.717) is 12.1 Å². The molecule has 0 bridgehead atoms. The van der Waals surface area contributed by atoms with Crippen molar-refractivity contribution in [2.24, 2.45) is 0 Å². The lowest BCUT2D eigenvalue weighted by Gasteiger charge is -2.18. The molecule has 0 aliphatic carbocycles. The molecular formula is C21H19N5O. The van der Waals surface area contributed by atoms with Gasteiger partial charge >= 0.3 is 0 Å². The van der Waals surface area contributed by atoms with Gasteiger partial charge in [0.1, 0.15) is 5.82 Å². The first kappa shape index (κ1) is 16.8. The van der Waals surface area contributed by atoms with Crippen molar-refractivity contribution in [3.63, 3.8) is 0 Å². The maximum atomic E-state index is 12.9. The molecule has 1 N–H and O–H groups in total. The molecule has 4 aromatic rings. The summed E-state index contributed by atoms with van der Waals surface area (Å²) in [5, 5.41) is 4.25. The highest BCUT2D eigenvalue weighted by atomic mass is 16.2. The number of H-pyrrole nitrogens is 1. The van der Waals surface area contributed by atoms with Crippen LogP contribution in [-0.4, -0.2) is 37.6 Å². The molecule has 134 valence electrons. The van der Waals surface area contributed by atoms with Crippen LogP contribution in [0.3, 0.4) is 0 Å². The molecule has 0 fully saturated rings. The average Bonchev–Trinajstić information content (AvgIpc) is 3.41. The smallest absolute Gasteiger partial charge is 0.253 e. The molecular weight excluding hydrogens is 338 g/mol. The van der Waals surface area contributed by atoms with Crippen molar-refractivity contribution in [2.45, 2.75) is 6.54 Å². The number of carbonyl (C=O) groups is 1. The second-order valence-electron chi connectivity index (χ2n) is 6.30. The van der Waals surface area contributed by atoms with Gasteiger partial charge in [0.15, 0.2) is 0 Å². The Hall–Kier alpha value is -3.67. The molecule has 0 saturated carbocycles. The Balaban J connectivity index is 1.52. The summed E-state index contributed by atoms with van der Waals surface area (Å²) in [5.41, 5.74) is 3.54. The van der Waals surface area contributed by atoms with Gasteiger partial charge in [0.05, 0.1) is 5.69 Å². The monoisotopic (exact) mass is 357 g/mol. The Bertz CT molecular complexity index is 1040. The molecule has 1 amide bonds. The summed E-state index contributed by atoms with van der Waals surface area (Å²) in [4.78, 5) is 21.9. The van der Waals surface area contributed by atoms with E-state index < -0.39 is 0 Å². The van der Waals surface area contributed by atoms with Crippen LogP contribution in [0.15, 0.2) is 79.4 Å². The van der Waals surface area contributed by atoms with Crippen molar-refractivity contribution in [2.75, 3.05) is 7.05 Å². The maximum absolute atomic E-state index is 12.9. The molecule has 0 aliphatic rings. The van der Waals surface area contributed by atoms with Gasteiger partial charge in [-0.15, -0.1) is 0 Å². The Labute approximate surface area is 157 Å². The highest BCUT2D eigenvalue weighted by Gasteiger charge is 2.14. The summed E-state index contributed by atoms with van der Waals surface area (Å²) in [7, 11) is 1.81. The Morgan fingerprint density at radius 2 is 2.00 bits per heavy atom. The van der Waals surface area contributed by atoms with Crippen LogP contribution in [0, 0.1) is 0 Å². The van der Waals surface area contributed by atoms with E-state index in [1.165, 1.54) is 0 Å². The maximum Gasteiger partial charge on any atom is 0.253 e. The van der Waals surface area contributed by atoms with Crippen molar-refractivity contribution >= 4 is 5.91 Å². The largest absolute Gasteiger partial charge is 0.345 e. The van der Waals surface area contributed by atoms with E-state index in [2.05, 4.69) is 15.1 Å². The van der Waals surface area contributed by atoms with Gasteiger partial charge in [-0.2, -0.15) is 5.10 Å². The van der Waals surface area contributed by atoms with Crippen molar-refractivity contribution in [3.05, 3.63) is 90.5 Å². The number of rotatable bonds is 5. The number of nitrogens with zero attached hydrogens (tertiary/aromatic N) is 4. The molecule has 0 radical (unpaired) electrons. The van der Waals surface area contributed by atoms with Gasteiger partial charge in [0, 0.05) is 49.5 Å². The molecule has 6 nitrogen and oxygen atoms in total. The molecule has 2 aromatic carbocycles. The predicted molar refractivity (Wildman–Crippen MR) is 103 cm³/mol. The van der Waals surface area contributed by atoms with Gasteiger partial charge in [-0.05, 0) is 35.9 Å². The first-order valence-electron chi connectivity index (χ1n) is 8.65. The van der Waals surface area contributed by atoms with Gasteiger partial charge < -0.3 is 9.88 Å². The lowest BCUT2D eigenvalue weighted by atomic mass is 10.1. The Kier molecular flexibility index (Phi) is 4.53. The molecule has 0 spiro atoms. The second kappa shape index (κ2) is 7.29. The fraction of sp³-hybridized carbons (Fsp3) is 0.0952. The third-order valence-corrected chi connectivity index (χ3v) is 4.33. The lowest BCUT2D eigenvalue weighted by Crippen LogP contribution is -2.26. The molecule has 27 heavy (non-hydrogen) atoms. The van der Waals surface area contributed by atoms with Crippen LogP contribution in [0.25, 0.3) is 17.1 Å². The topological polar surface area (TPSA) is 66.8 Å². The highest BCUT2D eigenvalue weighted by Crippen LogP contribution is 2.18. The third-order valence-electron chi connectivity index (χ3n) is 4.33. The normalized spacial score (nSPS) is 10.7. The zero-order chi connectivity index (χ0) is 18.6. The third kappa shape index (κ3) is 3.64. The summed E-state index contributed by atoms with van der Waals surface area (Å²) >= 11 is 0. The van der Waals surface area contributed by atoms with Crippen molar-refractivity contribution < 1.29 is 4.79 Å². The van der Waals surface area contributed by atoms with Crippen LogP contribution >= 0.6 is 0 Å². The van der Waals surface area contributed by atoms with Crippen LogP contribution in [0.1, 0.15) is 15.9 Å². The van der Waals surface area contributed by atoms with Gasteiger partial charge in [0.25, 0.3) is 5.91 Å². The summed E-state index contributed by atoms with van der Waals surface area (Å²) in [6.07, 6.45) is 7.10. The van der Waals surface area contributed by atoms with Crippen LogP contribution in [-0.2, 0) is 6.54 Å². The number of amides is 1. The number of hydrogen-bond donors (Lipinski definition) is 1. The highest BCUT2D eigenvalue weighted by molar-refractivity contribution is 5.95. The van der Waals surface area contributed by atoms with E-state index >= 15 is 0 Å². The molecule has 2 heterocycles.